The molecule has 2 aromatic heterocycles. The van der Waals surface area contributed by atoms with Crippen LogP contribution in [0.15, 0.2) is 36.4 Å². The van der Waals surface area contributed by atoms with Crippen LogP contribution in [0.5, 0.6) is 0 Å². The Kier molecular flexibility index (Phi) is 4.45. The highest BCUT2D eigenvalue weighted by atomic mass is 35.5. The van der Waals surface area contributed by atoms with E-state index in [1.54, 1.807) is 30.4 Å². The zero-order valence-corrected chi connectivity index (χ0v) is 14.3. The van der Waals surface area contributed by atoms with Gasteiger partial charge in [-0.05, 0) is 44.2 Å². The molecule has 3 aromatic rings. The number of hydrogen-bond donors (Lipinski definition) is 1. The smallest absolute Gasteiger partial charge is 0.274 e. The first-order chi connectivity index (χ1) is 11.0. The fraction of sp³-hybridized carbons (Fsp3) is 0.188. The Balaban J connectivity index is 1.76. The monoisotopic (exact) mass is 346 g/mol. The Morgan fingerprint density at radius 2 is 2.09 bits per heavy atom. The molecule has 0 unspecified atom stereocenters. The highest BCUT2D eigenvalue weighted by Gasteiger charge is 2.16. The summed E-state index contributed by atoms with van der Waals surface area (Å²) in [6.45, 7) is 4.29. The molecule has 1 N–H and O–H groups in total. The first-order valence-corrected chi connectivity index (χ1v) is 8.26. The van der Waals surface area contributed by atoms with E-state index in [4.69, 9.17) is 11.6 Å². The lowest BCUT2D eigenvalue weighted by molar-refractivity contribution is 0.0945. The highest BCUT2D eigenvalue weighted by Crippen LogP contribution is 2.16. The minimum atomic E-state index is -0.234. The van der Waals surface area contributed by atoms with Gasteiger partial charge in [0.05, 0.1) is 17.9 Å². The maximum absolute atomic E-state index is 12.3. The summed E-state index contributed by atoms with van der Waals surface area (Å²) in [5.41, 5.74) is 1.61. The van der Waals surface area contributed by atoms with E-state index in [2.05, 4.69) is 15.5 Å². The molecular formula is C16H15ClN4OS. The van der Waals surface area contributed by atoms with Crippen LogP contribution >= 0.6 is 22.9 Å². The summed E-state index contributed by atoms with van der Waals surface area (Å²) in [6.07, 6.45) is 0. The number of benzene rings is 1. The molecule has 0 aliphatic rings. The van der Waals surface area contributed by atoms with Crippen LogP contribution in [0.3, 0.4) is 0 Å². The van der Waals surface area contributed by atoms with Crippen LogP contribution in [0.1, 0.15) is 25.9 Å². The van der Waals surface area contributed by atoms with Gasteiger partial charge in [0.2, 0.25) is 0 Å². The van der Waals surface area contributed by atoms with Gasteiger partial charge in [-0.2, -0.15) is 9.90 Å². The topological polar surface area (TPSA) is 59.8 Å². The molecular weight excluding hydrogens is 332 g/mol. The molecule has 0 bridgehead atoms. The molecule has 1 aromatic carbocycles. The molecule has 0 radical (unpaired) electrons. The zero-order chi connectivity index (χ0) is 16.4. The van der Waals surface area contributed by atoms with Gasteiger partial charge in [-0.25, -0.2) is 0 Å². The molecule has 0 spiro atoms. The lowest BCUT2D eigenvalue weighted by Gasteiger charge is -2.01. The summed E-state index contributed by atoms with van der Waals surface area (Å²) in [7, 11) is 0. The van der Waals surface area contributed by atoms with Gasteiger partial charge in [-0.15, -0.1) is 16.4 Å². The normalized spacial score (nSPS) is 10.7. The summed E-state index contributed by atoms with van der Waals surface area (Å²) < 4.78 is 0. The van der Waals surface area contributed by atoms with Crippen molar-refractivity contribution in [2.24, 2.45) is 0 Å². The maximum Gasteiger partial charge on any atom is 0.274 e. The first-order valence-electron chi connectivity index (χ1n) is 7.06. The van der Waals surface area contributed by atoms with Crippen molar-refractivity contribution < 1.29 is 4.79 Å². The fourth-order valence-electron chi connectivity index (χ4n) is 2.14. The van der Waals surface area contributed by atoms with E-state index in [-0.39, 0.29) is 5.91 Å². The van der Waals surface area contributed by atoms with Crippen molar-refractivity contribution in [1.82, 2.24) is 20.3 Å². The molecule has 0 aliphatic carbocycles. The number of carbonyl (C=O) groups is 1. The van der Waals surface area contributed by atoms with Gasteiger partial charge in [-0.3, -0.25) is 4.79 Å². The van der Waals surface area contributed by atoms with E-state index in [1.807, 2.05) is 31.2 Å². The molecule has 0 aliphatic heterocycles. The molecule has 0 atom stereocenters. The number of rotatable bonds is 4. The Labute approximate surface area is 142 Å². The Morgan fingerprint density at radius 1 is 1.26 bits per heavy atom. The van der Waals surface area contributed by atoms with Crippen molar-refractivity contribution in [2.45, 2.75) is 20.4 Å². The molecule has 5 nitrogen and oxygen atoms in total. The Morgan fingerprint density at radius 3 is 2.78 bits per heavy atom. The van der Waals surface area contributed by atoms with Crippen LogP contribution < -0.4 is 5.32 Å². The van der Waals surface area contributed by atoms with E-state index < -0.39 is 0 Å². The van der Waals surface area contributed by atoms with Crippen LogP contribution in [-0.2, 0) is 6.54 Å². The summed E-state index contributed by atoms with van der Waals surface area (Å²) in [5.74, 6) is -0.234. The highest BCUT2D eigenvalue weighted by molar-refractivity contribution is 7.11. The van der Waals surface area contributed by atoms with Gasteiger partial charge >= 0.3 is 0 Å². The molecule has 23 heavy (non-hydrogen) atoms. The molecule has 3 rings (SSSR count). The second kappa shape index (κ2) is 6.52. The predicted molar refractivity (Wildman–Crippen MR) is 91.3 cm³/mol. The summed E-state index contributed by atoms with van der Waals surface area (Å²) >= 11 is 7.64. The second-order valence-corrected chi connectivity index (χ2v) is 6.91. The lowest BCUT2D eigenvalue weighted by atomic mass is 10.3. The van der Waals surface area contributed by atoms with E-state index in [9.17, 15) is 4.79 Å². The van der Waals surface area contributed by atoms with Crippen LogP contribution in [0.2, 0.25) is 5.02 Å². The van der Waals surface area contributed by atoms with Crippen molar-refractivity contribution in [1.29, 1.82) is 0 Å². The fourth-order valence-corrected chi connectivity index (χ4v) is 3.15. The van der Waals surface area contributed by atoms with Gasteiger partial charge in [0.25, 0.3) is 5.91 Å². The van der Waals surface area contributed by atoms with Crippen molar-refractivity contribution >= 4 is 28.8 Å². The number of hydrogen-bond acceptors (Lipinski definition) is 4. The minimum Gasteiger partial charge on any atom is -0.346 e. The molecule has 0 fully saturated rings. The van der Waals surface area contributed by atoms with E-state index in [0.29, 0.717) is 28.6 Å². The molecule has 0 saturated heterocycles. The number of aryl methyl sites for hydroxylation is 2. The average Bonchev–Trinajstić information content (AvgIpc) is 3.11. The van der Waals surface area contributed by atoms with Crippen LogP contribution in [-0.4, -0.2) is 20.9 Å². The van der Waals surface area contributed by atoms with Gasteiger partial charge in [-0.1, -0.05) is 17.7 Å². The molecule has 0 saturated carbocycles. The number of nitrogens with one attached hydrogen (secondary N) is 1. The van der Waals surface area contributed by atoms with E-state index in [0.717, 1.165) is 4.88 Å². The van der Waals surface area contributed by atoms with Crippen molar-refractivity contribution in [3.63, 3.8) is 0 Å². The van der Waals surface area contributed by atoms with Crippen molar-refractivity contribution in [3.05, 3.63) is 62.6 Å². The van der Waals surface area contributed by atoms with Crippen molar-refractivity contribution in [2.75, 3.05) is 0 Å². The summed E-state index contributed by atoms with van der Waals surface area (Å²) in [6, 6.07) is 11.2. The molecule has 1 amide bonds. The number of amides is 1. The SMILES string of the molecule is Cc1ccc(CNC(=O)c2nn(-c3cccc(Cl)c3)nc2C)s1. The van der Waals surface area contributed by atoms with Crippen LogP contribution in [0.4, 0.5) is 0 Å². The molecule has 2 heterocycles. The second-order valence-electron chi connectivity index (χ2n) is 5.10. The number of halogens is 1. The summed E-state index contributed by atoms with van der Waals surface area (Å²) in [5, 5.41) is 12.0. The number of carbonyl (C=O) groups excluding carboxylic acids is 1. The third-order valence-electron chi connectivity index (χ3n) is 3.26. The quantitative estimate of drug-likeness (QED) is 0.786. The van der Waals surface area contributed by atoms with Gasteiger partial charge in [0.1, 0.15) is 0 Å². The molecule has 118 valence electrons. The number of aromatic nitrogens is 3. The largest absolute Gasteiger partial charge is 0.346 e. The first kappa shape index (κ1) is 15.7. The minimum absolute atomic E-state index is 0.234. The zero-order valence-electron chi connectivity index (χ0n) is 12.7. The third kappa shape index (κ3) is 3.60. The van der Waals surface area contributed by atoms with Gasteiger partial charge < -0.3 is 5.32 Å². The van der Waals surface area contributed by atoms with Crippen LogP contribution in [0, 0.1) is 13.8 Å². The lowest BCUT2D eigenvalue weighted by Crippen LogP contribution is -2.23. The van der Waals surface area contributed by atoms with Crippen LogP contribution in [0.25, 0.3) is 5.69 Å². The number of thiophene rings is 1. The van der Waals surface area contributed by atoms with E-state index in [1.165, 1.54) is 9.67 Å². The maximum atomic E-state index is 12.3. The summed E-state index contributed by atoms with van der Waals surface area (Å²) in [4.78, 5) is 16.1. The van der Waals surface area contributed by atoms with Gasteiger partial charge in [0.15, 0.2) is 5.69 Å². The predicted octanol–water partition coefficient (Wildman–Crippen LogP) is 3.53. The average molecular weight is 347 g/mol. The Hall–Kier alpha value is -2.18. The Bertz CT molecular complexity index is 855. The third-order valence-corrected chi connectivity index (χ3v) is 4.49. The van der Waals surface area contributed by atoms with Crippen molar-refractivity contribution in [3.8, 4) is 5.69 Å². The molecule has 7 heteroatoms. The van der Waals surface area contributed by atoms with E-state index >= 15 is 0 Å². The standard InChI is InChI=1S/C16H15ClN4OS/c1-10-6-7-14(23-10)9-18-16(22)15-11(2)19-21(20-15)13-5-3-4-12(17)8-13/h3-8H,9H2,1-2H3,(H,18,22). The number of nitrogens with zero attached hydrogens (tertiary/aromatic N) is 3. The van der Waals surface area contributed by atoms with Gasteiger partial charge in [0, 0.05) is 14.8 Å².